The maximum atomic E-state index is 9.08. The minimum Gasteiger partial charge on any atom is -0.395 e. The topological polar surface area (TPSA) is 50.1 Å². The van der Waals surface area contributed by atoms with Crippen molar-refractivity contribution < 1.29 is 5.11 Å². The molecule has 0 saturated carbocycles. The molecule has 0 aliphatic rings. The van der Waals surface area contributed by atoms with E-state index in [2.05, 4.69) is 43.3 Å². The summed E-state index contributed by atoms with van der Waals surface area (Å²) in [5.41, 5.74) is 2.26. The lowest BCUT2D eigenvalue weighted by Crippen LogP contribution is -2.34. The highest BCUT2D eigenvalue weighted by atomic mass is 16.3. The zero-order valence-electron chi connectivity index (χ0n) is 11.3. The molecule has 98 valence electrons. The largest absolute Gasteiger partial charge is 0.395 e. The molecule has 0 atom stereocenters. The van der Waals surface area contributed by atoms with Crippen LogP contribution in [-0.2, 0) is 13.1 Å². The summed E-state index contributed by atoms with van der Waals surface area (Å²) in [5, 5.41) is 13.7. The van der Waals surface area contributed by atoms with Gasteiger partial charge in [0.1, 0.15) is 5.65 Å². The molecule has 2 aromatic heterocycles. The Kier molecular flexibility index (Phi) is 3.68. The lowest BCUT2D eigenvalue weighted by Gasteiger charge is -2.20. The summed E-state index contributed by atoms with van der Waals surface area (Å²) in [6.45, 7) is 7.98. The molecular weight excluding hydrogens is 226 g/mol. The molecule has 2 N–H and O–H groups in total. The van der Waals surface area contributed by atoms with Crippen LogP contribution >= 0.6 is 0 Å². The first-order valence-electron chi connectivity index (χ1n) is 6.30. The Bertz CT molecular complexity index is 525. The Labute approximate surface area is 108 Å². The number of hydrogen-bond acceptors (Lipinski definition) is 3. The first kappa shape index (κ1) is 13.1. The van der Waals surface area contributed by atoms with Gasteiger partial charge in [-0.1, -0.05) is 0 Å². The number of aliphatic hydroxyl groups excluding tert-OH is 1. The SMILES string of the molecule is CC(C)(C)NCc1cn(CCO)c2ncccc12. The first-order valence-corrected chi connectivity index (χ1v) is 6.30. The zero-order valence-corrected chi connectivity index (χ0v) is 11.3. The fourth-order valence-corrected chi connectivity index (χ4v) is 1.97. The molecule has 0 radical (unpaired) electrons. The molecule has 4 heteroatoms. The van der Waals surface area contributed by atoms with Crippen LogP contribution < -0.4 is 5.32 Å². The zero-order chi connectivity index (χ0) is 13.2. The fraction of sp³-hybridized carbons (Fsp3) is 0.500. The van der Waals surface area contributed by atoms with Crippen molar-refractivity contribution >= 4 is 11.0 Å². The minimum atomic E-state index is 0.0909. The average Bonchev–Trinajstić information content (AvgIpc) is 2.65. The normalized spacial score (nSPS) is 12.2. The molecule has 0 aromatic carbocycles. The van der Waals surface area contributed by atoms with E-state index in [0.29, 0.717) is 6.54 Å². The number of fused-ring (bicyclic) bond motifs is 1. The van der Waals surface area contributed by atoms with Crippen LogP contribution in [0.4, 0.5) is 0 Å². The summed E-state index contributed by atoms with van der Waals surface area (Å²) >= 11 is 0. The van der Waals surface area contributed by atoms with Gasteiger partial charge >= 0.3 is 0 Å². The van der Waals surface area contributed by atoms with Crippen LogP contribution in [0.25, 0.3) is 11.0 Å². The Balaban J connectivity index is 2.32. The Morgan fingerprint density at radius 3 is 2.83 bits per heavy atom. The van der Waals surface area contributed by atoms with E-state index in [4.69, 9.17) is 5.11 Å². The summed E-state index contributed by atoms with van der Waals surface area (Å²) in [5.74, 6) is 0. The molecule has 18 heavy (non-hydrogen) atoms. The number of pyridine rings is 1. The molecule has 4 nitrogen and oxygen atoms in total. The molecule has 0 amide bonds. The van der Waals surface area contributed by atoms with Gasteiger partial charge in [0.05, 0.1) is 6.61 Å². The Morgan fingerprint density at radius 2 is 2.17 bits per heavy atom. The second-order valence-electron chi connectivity index (χ2n) is 5.55. The third-order valence-electron chi connectivity index (χ3n) is 2.87. The predicted octanol–water partition coefficient (Wildman–Crippen LogP) is 1.92. The second-order valence-corrected chi connectivity index (χ2v) is 5.55. The van der Waals surface area contributed by atoms with E-state index in [9.17, 15) is 0 Å². The lowest BCUT2D eigenvalue weighted by molar-refractivity contribution is 0.277. The highest BCUT2D eigenvalue weighted by Gasteiger charge is 2.12. The van der Waals surface area contributed by atoms with Gasteiger partial charge in [-0.3, -0.25) is 0 Å². The minimum absolute atomic E-state index is 0.0909. The number of aromatic nitrogens is 2. The van der Waals surface area contributed by atoms with E-state index >= 15 is 0 Å². The quantitative estimate of drug-likeness (QED) is 0.868. The second kappa shape index (κ2) is 5.08. The van der Waals surface area contributed by atoms with Crippen LogP contribution in [0.15, 0.2) is 24.5 Å². The van der Waals surface area contributed by atoms with Gasteiger partial charge in [-0.25, -0.2) is 4.98 Å². The molecular formula is C14H21N3O. The van der Waals surface area contributed by atoms with E-state index in [1.807, 2.05) is 10.6 Å². The van der Waals surface area contributed by atoms with Crippen LogP contribution in [0.5, 0.6) is 0 Å². The first-order chi connectivity index (χ1) is 8.51. The molecule has 2 rings (SSSR count). The van der Waals surface area contributed by atoms with Crippen molar-refractivity contribution in [3.63, 3.8) is 0 Å². The third-order valence-corrected chi connectivity index (χ3v) is 2.87. The summed E-state index contributed by atoms with van der Waals surface area (Å²) in [6, 6.07) is 4.03. The van der Waals surface area contributed by atoms with Gasteiger partial charge in [0, 0.05) is 36.4 Å². The van der Waals surface area contributed by atoms with Gasteiger partial charge in [-0.2, -0.15) is 0 Å². The van der Waals surface area contributed by atoms with Gasteiger partial charge in [0.25, 0.3) is 0 Å². The summed E-state index contributed by atoms with van der Waals surface area (Å²) in [6.07, 6.45) is 3.86. The van der Waals surface area contributed by atoms with Crippen molar-refractivity contribution in [2.24, 2.45) is 0 Å². The van der Waals surface area contributed by atoms with Crippen molar-refractivity contribution in [1.82, 2.24) is 14.9 Å². The number of nitrogens with zero attached hydrogens (tertiary/aromatic N) is 2. The van der Waals surface area contributed by atoms with Crippen LogP contribution in [0.2, 0.25) is 0 Å². The monoisotopic (exact) mass is 247 g/mol. The summed E-state index contributed by atoms with van der Waals surface area (Å²) in [4.78, 5) is 4.39. The fourth-order valence-electron chi connectivity index (χ4n) is 1.97. The van der Waals surface area contributed by atoms with Gasteiger partial charge in [0.2, 0.25) is 0 Å². The van der Waals surface area contributed by atoms with E-state index in [0.717, 1.165) is 17.6 Å². The van der Waals surface area contributed by atoms with Crippen molar-refractivity contribution in [3.05, 3.63) is 30.1 Å². The third kappa shape index (κ3) is 2.89. The van der Waals surface area contributed by atoms with E-state index in [1.54, 1.807) is 6.20 Å². The van der Waals surface area contributed by atoms with Crippen LogP contribution in [0.1, 0.15) is 26.3 Å². The maximum absolute atomic E-state index is 9.08. The van der Waals surface area contributed by atoms with Crippen molar-refractivity contribution in [2.75, 3.05) is 6.61 Å². The van der Waals surface area contributed by atoms with Crippen LogP contribution in [-0.4, -0.2) is 26.8 Å². The maximum Gasteiger partial charge on any atom is 0.140 e. The Morgan fingerprint density at radius 1 is 1.39 bits per heavy atom. The standard InChI is InChI=1S/C14H21N3O/c1-14(2,3)16-9-11-10-17(7-8-18)13-12(11)5-4-6-15-13/h4-6,10,16,18H,7-9H2,1-3H3. The van der Waals surface area contributed by atoms with E-state index in [-0.39, 0.29) is 12.1 Å². The van der Waals surface area contributed by atoms with Crippen molar-refractivity contribution in [3.8, 4) is 0 Å². The number of nitrogens with one attached hydrogen (secondary N) is 1. The van der Waals surface area contributed by atoms with Gasteiger partial charge in [0.15, 0.2) is 0 Å². The highest BCUT2D eigenvalue weighted by molar-refractivity contribution is 5.80. The van der Waals surface area contributed by atoms with Gasteiger partial charge in [-0.15, -0.1) is 0 Å². The highest BCUT2D eigenvalue weighted by Crippen LogP contribution is 2.19. The van der Waals surface area contributed by atoms with Crippen molar-refractivity contribution in [1.29, 1.82) is 0 Å². The smallest absolute Gasteiger partial charge is 0.140 e. The number of rotatable bonds is 4. The van der Waals surface area contributed by atoms with E-state index in [1.165, 1.54) is 5.56 Å². The summed E-state index contributed by atoms with van der Waals surface area (Å²) in [7, 11) is 0. The average molecular weight is 247 g/mol. The molecule has 2 aromatic rings. The van der Waals surface area contributed by atoms with Gasteiger partial charge < -0.3 is 15.0 Å². The van der Waals surface area contributed by atoms with Crippen molar-refractivity contribution in [2.45, 2.75) is 39.4 Å². The molecule has 0 spiro atoms. The molecule has 0 bridgehead atoms. The van der Waals surface area contributed by atoms with Crippen LogP contribution in [0.3, 0.4) is 0 Å². The van der Waals surface area contributed by atoms with E-state index < -0.39 is 0 Å². The molecule has 0 saturated heterocycles. The molecule has 0 unspecified atom stereocenters. The Hall–Kier alpha value is -1.39. The number of aliphatic hydroxyl groups is 1. The molecule has 0 aliphatic carbocycles. The molecule has 0 fully saturated rings. The lowest BCUT2D eigenvalue weighted by atomic mass is 10.1. The number of hydrogen-bond donors (Lipinski definition) is 2. The van der Waals surface area contributed by atoms with Gasteiger partial charge in [-0.05, 0) is 38.5 Å². The molecule has 0 aliphatic heterocycles. The summed E-state index contributed by atoms with van der Waals surface area (Å²) < 4.78 is 2.01. The van der Waals surface area contributed by atoms with Crippen LogP contribution in [0, 0.1) is 0 Å². The molecule has 2 heterocycles. The predicted molar refractivity (Wildman–Crippen MR) is 73.4 cm³/mol.